The van der Waals surface area contributed by atoms with Crippen LogP contribution in [0.1, 0.15) is 27.7 Å². The lowest BCUT2D eigenvalue weighted by molar-refractivity contribution is 0.220. The van der Waals surface area contributed by atoms with Crippen LogP contribution in [0.2, 0.25) is 0 Å². The van der Waals surface area contributed by atoms with Crippen LogP contribution in [0.5, 0.6) is 0 Å². The maximum Gasteiger partial charge on any atom is 0.337 e. The van der Waals surface area contributed by atoms with Crippen molar-refractivity contribution in [3.63, 3.8) is 0 Å². The average Bonchev–Trinajstić information content (AvgIpc) is 2.25. The van der Waals surface area contributed by atoms with Gasteiger partial charge in [0, 0.05) is 0 Å². The minimum Gasteiger partial charge on any atom is -0.394 e. The molecule has 0 aromatic heterocycles. The molecule has 0 aliphatic heterocycles. The summed E-state index contributed by atoms with van der Waals surface area (Å²) in [6.45, 7) is 8.06. The third-order valence-corrected chi connectivity index (χ3v) is 4.82. The molecule has 5 nitrogen and oxygen atoms in total. The summed E-state index contributed by atoms with van der Waals surface area (Å²) in [5, 5.41) is 12.2. The van der Waals surface area contributed by atoms with Crippen LogP contribution in [0.25, 0.3) is 0 Å². The zero-order chi connectivity index (χ0) is 14.2. The van der Waals surface area contributed by atoms with Gasteiger partial charge in [-0.15, -0.1) is 0 Å². The van der Waals surface area contributed by atoms with Gasteiger partial charge >= 0.3 is 7.60 Å². The van der Waals surface area contributed by atoms with Gasteiger partial charge in [0.2, 0.25) is 0 Å². The predicted octanol–water partition coefficient (Wildman–Crippen LogP) is 2.19. The zero-order valence-corrected chi connectivity index (χ0v) is 13.2. The second-order valence-electron chi connectivity index (χ2n) is 4.21. The first kappa shape index (κ1) is 18.0. The Labute approximate surface area is 115 Å². The average molecular weight is 297 g/mol. The van der Waals surface area contributed by atoms with Crippen molar-refractivity contribution in [3.05, 3.63) is 0 Å². The van der Waals surface area contributed by atoms with Gasteiger partial charge in [-0.3, -0.25) is 4.57 Å². The number of aliphatic hydroxyl groups excluding tert-OH is 1. The molecule has 18 heavy (non-hydrogen) atoms. The van der Waals surface area contributed by atoms with E-state index in [9.17, 15) is 9.67 Å². The van der Waals surface area contributed by atoms with E-state index in [1.54, 1.807) is 13.8 Å². The SMILES string of the molecule is CCOP(=O)(CC(=S)NC(CO)C(C)C)OCC. The van der Waals surface area contributed by atoms with E-state index in [2.05, 4.69) is 5.32 Å². The molecule has 0 aromatic carbocycles. The molecule has 1 unspecified atom stereocenters. The van der Waals surface area contributed by atoms with E-state index in [1.807, 2.05) is 13.8 Å². The Balaban J connectivity index is 4.46. The highest BCUT2D eigenvalue weighted by atomic mass is 32.1. The summed E-state index contributed by atoms with van der Waals surface area (Å²) in [4.78, 5) is 0.396. The van der Waals surface area contributed by atoms with E-state index in [0.29, 0.717) is 18.2 Å². The number of hydrogen-bond donors (Lipinski definition) is 2. The monoisotopic (exact) mass is 297 g/mol. The molecule has 0 aromatic rings. The van der Waals surface area contributed by atoms with Crippen molar-refractivity contribution in [1.82, 2.24) is 5.32 Å². The number of rotatable bonds is 9. The van der Waals surface area contributed by atoms with Crippen molar-refractivity contribution < 1.29 is 18.7 Å². The summed E-state index contributed by atoms with van der Waals surface area (Å²) in [6, 6.07) is -0.144. The quantitative estimate of drug-likeness (QED) is 0.502. The van der Waals surface area contributed by atoms with E-state index in [4.69, 9.17) is 21.3 Å². The van der Waals surface area contributed by atoms with Crippen LogP contribution in [0.3, 0.4) is 0 Å². The van der Waals surface area contributed by atoms with E-state index in [-0.39, 0.29) is 24.7 Å². The molecule has 7 heteroatoms. The minimum atomic E-state index is -3.16. The zero-order valence-electron chi connectivity index (χ0n) is 11.5. The van der Waals surface area contributed by atoms with Gasteiger partial charge in [-0.2, -0.15) is 0 Å². The Morgan fingerprint density at radius 1 is 1.33 bits per heavy atom. The molecule has 0 heterocycles. The molecule has 1 atom stereocenters. The van der Waals surface area contributed by atoms with Gasteiger partial charge < -0.3 is 19.5 Å². The van der Waals surface area contributed by atoms with Gasteiger partial charge in [0.25, 0.3) is 0 Å². The number of nitrogens with one attached hydrogen (secondary N) is 1. The van der Waals surface area contributed by atoms with Crippen molar-refractivity contribution in [1.29, 1.82) is 0 Å². The maximum absolute atomic E-state index is 12.2. The predicted molar refractivity (Wildman–Crippen MR) is 77.2 cm³/mol. The highest BCUT2D eigenvalue weighted by Gasteiger charge is 2.26. The van der Waals surface area contributed by atoms with Gasteiger partial charge in [0.1, 0.15) is 6.16 Å². The fourth-order valence-corrected chi connectivity index (χ4v) is 3.49. The third kappa shape index (κ3) is 6.81. The van der Waals surface area contributed by atoms with Crippen LogP contribution in [0.15, 0.2) is 0 Å². The van der Waals surface area contributed by atoms with Gasteiger partial charge in [0.15, 0.2) is 0 Å². The molecule has 108 valence electrons. The lowest BCUT2D eigenvalue weighted by Crippen LogP contribution is -2.41. The van der Waals surface area contributed by atoms with Crippen LogP contribution in [-0.4, -0.2) is 42.1 Å². The molecule has 0 aliphatic rings. The standard InChI is InChI=1S/C11H24NO4PS/c1-5-15-17(14,16-6-2)8-11(18)12-10(7-13)9(3)4/h9-10,13H,5-8H2,1-4H3,(H,12,18). The van der Waals surface area contributed by atoms with Crippen LogP contribution in [-0.2, 0) is 13.6 Å². The molecular formula is C11H24NO4PS. The summed E-state index contributed by atoms with van der Waals surface area (Å²) >= 11 is 5.14. The highest BCUT2D eigenvalue weighted by Crippen LogP contribution is 2.47. The molecule has 0 amide bonds. The Morgan fingerprint density at radius 2 is 1.83 bits per heavy atom. The summed E-state index contributed by atoms with van der Waals surface area (Å²) in [5.74, 6) is 0.228. The van der Waals surface area contributed by atoms with E-state index < -0.39 is 7.60 Å². The summed E-state index contributed by atoms with van der Waals surface area (Å²) in [6.07, 6.45) is 0.0488. The molecule has 0 fully saturated rings. The second kappa shape index (κ2) is 8.99. The molecule has 0 radical (unpaired) electrons. The molecule has 0 saturated carbocycles. The number of aliphatic hydroxyl groups is 1. The van der Waals surface area contributed by atoms with Gasteiger partial charge in [-0.1, -0.05) is 26.1 Å². The van der Waals surface area contributed by atoms with Crippen molar-refractivity contribution in [2.24, 2.45) is 5.92 Å². The first-order valence-corrected chi connectivity index (χ1v) is 8.30. The van der Waals surface area contributed by atoms with Crippen molar-refractivity contribution >= 4 is 24.8 Å². The molecule has 2 N–H and O–H groups in total. The Hall–Kier alpha value is 0.0000000000000000139. The second-order valence-corrected chi connectivity index (χ2v) is 6.75. The van der Waals surface area contributed by atoms with Crippen LogP contribution in [0.4, 0.5) is 0 Å². The highest BCUT2D eigenvalue weighted by molar-refractivity contribution is 7.81. The lowest BCUT2D eigenvalue weighted by Gasteiger charge is -2.23. The fraction of sp³-hybridized carbons (Fsp3) is 0.909. The van der Waals surface area contributed by atoms with E-state index in [1.165, 1.54) is 0 Å². The largest absolute Gasteiger partial charge is 0.394 e. The first-order chi connectivity index (χ1) is 8.38. The molecular weight excluding hydrogens is 273 g/mol. The van der Waals surface area contributed by atoms with Crippen LogP contribution < -0.4 is 5.32 Å². The van der Waals surface area contributed by atoms with Crippen LogP contribution in [0, 0.1) is 5.92 Å². The van der Waals surface area contributed by atoms with Crippen molar-refractivity contribution in [3.8, 4) is 0 Å². The van der Waals surface area contributed by atoms with Crippen molar-refractivity contribution in [2.45, 2.75) is 33.7 Å². The van der Waals surface area contributed by atoms with E-state index in [0.717, 1.165) is 0 Å². The normalized spacial score (nSPS) is 13.7. The Bertz CT molecular complexity index is 289. The number of thiocarbonyl (C=S) groups is 1. The third-order valence-electron chi connectivity index (χ3n) is 2.34. The Morgan fingerprint density at radius 3 is 2.17 bits per heavy atom. The van der Waals surface area contributed by atoms with E-state index >= 15 is 0 Å². The lowest BCUT2D eigenvalue weighted by atomic mass is 10.1. The van der Waals surface area contributed by atoms with Crippen molar-refractivity contribution in [2.75, 3.05) is 26.0 Å². The fourth-order valence-electron chi connectivity index (χ4n) is 1.37. The number of hydrogen-bond acceptors (Lipinski definition) is 5. The molecule has 0 aliphatic carbocycles. The topological polar surface area (TPSA) is 67.8 Å². The Kier molecular flexibility index (Phi) is 8.99. The molecule has 0 bridgehead atoms. The van der Waals surface area contributed by atoms with Gasteiger partial charge in [-0.05, 0) is 19.8 Å². The summed E-state index contributed by atoms with van der Waals surface area (Å²) < 4.78 is 22.5. The van der Waals surface area contributed by atoms with Gasteiger partial charge in [0.05, 0.1) is 30.9 Å². The molecule has 0 rings (SSSR count). The first-order valence-electron chi connectivity index (χ1n) is 6.16. The van der Waals surface area contributed by atoms with Crippen LogP contribution >= 0.6 is 19.8 Å². The summed E-state index contributed by atoms with van der Waals surface area (Å²) in [5.41, 5.74) is 0. The summed E-state index contributed by atoms with van der Waals surface area (Å²) in [7, 11) is -3.16. The van der Waals surface area contributed by atoms with Gasteiger partial charge in [-0.25, -0.2) is 0 Å². The molecule has 0 spiro atoms. The maximum atomic E-state index is 12.2. The molecule has 0 saturated heterocycles. The minimum absolute atomic E-state index is 0.0224. The smallest absolute Gasteiger partial charge is 0.337 e.